The Labute approximate surface area is 199 Å². The van der Waals surface area contributed by atoms with Crippen molar-refractivity contribution >= 4 is 5.78 Å². The van der Waals surface area contributed by atoms with Gasteiger partial charge in [0.15, 0.2) is 0 Å². The number of hydrogen-bond donors (Lipinski definition) is 3. The summed E-state index contributed by atoms with van der Waals surface area (Å²) in [4.78, 5) is 13.0. The van der Waals surface area contributed by atoms with Gasteiger partial charge in [-0.1, -0.05) is 51.6 Å². The molecule has 1 aromatic carbocycles. The molecule has 4 atom stereocenters. The SMILES string of the molecule is C=C1C2=C(NC(NC3(CO)CC=CC3)C2Cc2ccc(OC)cc2)C(C)C(=O)C1CC.CC. The molecule has 1 heterocycles. The lowest BCUT2D eigenvalue weighted by atomic mass is 9.72. The van der Waals surface area contributed by atoms with Crippen LogP contribution in [0.15, 0.2) is 59.8 Å². The molecule has 0 radical (unpaired) electrons. The summed E-state index contributed by atoms with van der Waals surface area (Å²) in [6.45, 7) is 12.5. The van der Waals surface area contributed by atoms with Crippen molar-refractivity contribution in [1.29, 1.82) is 0 Å². The zero-order valence-electron chi connectivity index (χ0n) is 20.8. The topological polar surface area (TPSA) is 70.6 Å². The van der Waals surface area contributed by atoms with Crippen molar-refractivity contribution < 1.29 is 14.6 Å². The summed E-state index contributed by atoms with van der Waals surface area (Å²) < 4.78 is 5.31. The van der Waals surface area contributed by atoms with Crippen LogP contribution in [-0.4, -0.2) is 36.3 Å². The standard InChI is InChI=1S/C26H34N2O3.C2H6/c1-5-20-16(2)22-21(14-18-8-10-19(31-4)11-9-18)25(27-23(22)17(3)24(20)30)28-26(15-29)12-6-7-13-26;1-2/h6-11,17,20-21,25,27-29H,2,5,12-15H2,1,3-4H3;1-2H3. The fraction of sp³-hybridized carbons (Fsp3) is 0.536. The summed E-state index contributed by atoms with van der Waals surface area (Å²) in [7, 11) is 1.67. The molecule has 1 aromatic rings. The zero-order chi connectivity index (χ0) is 24.2. The highest BCUT2D eigenvalue weighted by atomic mass is 16.5. The second-order valence-corrected chi connectivity index (χ2v) is 9.18. The van der Waals surface area contributed by atoms with Crippen molar-refractivity contribution in [2.45, 2.75) is 65.1 Å². The Bertz CT molecular complexity index is 908. The highest BCUT2D eigenvalue weighted by Crippen LogP contribution is 2.45. The Morgan fingerprint density at radius 3 is 2.39 bits per heavy atom. The Morgan fingerprint density at radius 2 is 1.85 bits per heavy atom. The molecular weight excluding hydrogens is 412 g/mol. The van der Waals surface area contributed by atoms with Crippen LogP contribution < -0.4 is 15.4 Å². The number of hydrogen-bond acceptors (Lipinski definition) is 5. The Morgan fingerprint density at radius 1 is 1.21 bits per heavy atom. The maximum Gasteiger partial charge on any atom is 0.148 e. The van der Waals surface area contributed by atoms with E-state index in [1.54, 1.807) is 7.11 Å². The fourth-order valence-electron chi connectivity index (χ4n) is 5.43. The lowest BCUT2D eigenvalue weighted by Crippen LogP contribution is -2.57. The molecule has 0 spiro atoms. The normalized spacial score (nSPS) is 27.7. The van der Waals surface area contributed by atoms with Gasteiger partial charge in [0.25, 0.3) is 0 Å². The quantitative estimate of drug-likeness (QED) is 0.530. The van der Waals surface area contributed by atoms with E-state index < -0.39 is 0 Å². The summed E-state index contributed by atoms with van der Waals surface area (Å²) in [5, 5.41) is 17.6. The molecule has 4 unspecified atom stereocenters. The summed E-state index contributed by atoms with van der Waals surface area (Å²) in [5.41, 5.74) is 4.02. The van der Waals surface area contributed by atoms with Gasteiger partial charge in [-0.25, -0.2) is 0 Å². The second-order valence-electron chi connectivity index (χ2n) is 9.18. The van der Waals surface area contributed by atoms with Gasteiger partial charge < -0.3 is 15.2 Å². The van der Waals surface area contributed by atoms with Crippen LogP contribution in [-0.2, 0) is 11.2 Å². The number of allylic oxidation sites excluding steroid dienone is 2. The molecule has 2 aliphatic carbocycles. The average Bonchev–Trinajstić information content (AvgIpc) is 3.46. The summed E-state index contributed by atoms with van der Waals surface area (Å²) in [6.07, 6.45) is 7.38. The van der Waals surface area contributed by atoms with Crippen molar-refractivity contribution in [2.75, 3.05) is 13.7 Å². The van der Waals surface area contributed by atoms with E-state index in [0.717, 1.165) is 42.7 Å². The minimum atomic E-state index is -0.358. The van der Waals surface area contributed by atoms with E-state index in [1.807, 2.05) is 32.9 Å². The van der Waals surface area contributed by atoms with E-state index in [-0.39, 0.29) is 41.8 Å². The molecule has 4 rings (SSSR count). The third-order valence-electron chi connectivity index (χ3n) is 7.32. The van der Waals surface area contributed by atoms with Crippen LogP contribution in [0.25, 0.3) is 0 Å². The highest BCUT2D eigenvalue weighted by molar-refractivity contribution is 5.91. The first-order valence-corrected chi connectivity index (χ1v) is 12.3. The van der Waals surface area contributed by atoms with Crippen molar-refractivity contribution in [3.63, 3.8) is 0 Å². The smallest absolute Gasteiger partial charge is 0.148 e. The third kappa shape index (κ3) is 4.80. The molecule has 1 aliphatic heterocycles. The lowest BCUT2D eigenvalue weighted by molar-refractivity contribution is -0.124. The molecule has 0 fully saturated rings. The molecule has 5 nitrogen and oxygen atoms in total. The minimum absolute atomic E-state index is 0.0678. The van der Waals surface area contributed by atoms with Crippen molar-refractivity contribution in [3.05, 3.63) is 65.4 Å². The molecule has 5 heteroatoms. The molecule has 0 saturated heterocycles. The first kappa shape index (κ1) is 25.3. The number of carbonyl (C=O) groups is 1. The van der Waals surface area contributed by atoms with Gasteiger partial charge >= 0.3 is 0 Å². The van der Waals surface area contributed by atoms with Gasteiger partial charge in [0.1, 0.15) is 11.5 Å². The summed E-state index contributed by atoms with van der Waals surface area (Å²) in [5.74, 6) is 0.938. The number of rotatable bonds is 7. The molecule has 0 saturated carbocycles. The highest BCUT2D eigenvalue weighted by Gasteiger charge is 2.47. The number of Topliss-reactive ketones (excluding diaryl/α,β-unsaturated/α-hetero) is 1. The molecule has 3 N–H and O–H groups in total. The van der Waals surface area contributed by atoms with Gasteiger partial charge in [-0.05, 0) is 61.4 Å². The van der Waals surface area contributed by atoms with E-state index >= 15 is 0 Å². The van der Waals surface area contributed by atoms with Crippen LogP contribution >= 0.6 is 0 Å². The zero-order valence-corrected chi connectivity index (χ0v) is 20.8. The second kappa shape index (κ2) is 10.7. The van der Waals surface area contributed by atoms with Gasteiger partial charge in [0, 0.05) is 23.1 Å². The number of aliphatic hydroxyl groups is 1. The Balaban J connectivity index is 0.00000149. The predicted molar refractivity (Wildman–Crippen MR) is 134 cm³/mol. The molecular formula is C28H40N2O3. The number of carbonyl (C=O) groups excluding carboxylic acids is 1. The summed E-state index contributed by atoms with van der Waals surface area (Å²) >= 11 is 0. The first-order chi connectivity index (χ1) is 15.9. The lowest BCUT2D eigenvalue weighted by Gasteiger charge is -2.35. The maximum absolute atomic E-state index is 13.0. The Hall–Kier alpha value is -2.37. The molecule has 3 aliphatic rings. The van der Waals surface area contributed by atoms with Crippen molar-refractivity contribution in [3.8, 4) is 5.75 Å². The van der Waals surface area contributed by atoms with Gasteiger partial charge in [-0.3, -0.25) is 10.1 Å². The van der Waals surface area contributed by atoms with Crippen LogP contribution in [0.1, 0.15) is 52.5 Å². The number of nitrogens with one attached hydrogen (secondary N) is 2. The molecule has 0 amide bonds. The number of methoxy groups -OCH3 is 1. The van der Waals surface area contributed by atoms with Crippen molar-refractivity contribution in [2.24, 2.45) is 17.8 Å². The number of benzene rings is 1. The van der Waals surface area contributed by atoms with Gasteiger partial charge in [0.05, 0.1) is 25.8 Å². The number of ketones is 1. The van der Waals surface area contributed by atoms with E-state index in [4.69, 9.17) is 4.74 Å². The molecule has 33 heavy (non-hydrogen) atoms. The van der Waals surface area contributed by atoms with Crippen LogP contribution in [0.5, 0.6) is 5.75 Å². The fourth-order valence-corrected chi connectivity index (χ4v) is 5.43. The Kier molecular flexibility index (Phi) is 8.19. The molecule has 180 valence electrons. The van der Waals surface area contributed by atoms with Crippen LogP contribution in [0, 0.1) is 17.8 Å². The molecule has 0 aromatic heterocycles. The molecule has 0 bridgehead atoms. The monoisotopic (exact) mass is 452 g/mol. The number of aliphatic hydroxyl groups excluding tert-OH is 1. The number of ether oxygens (including phenoxy) is 1. The largest absolute Gasteiger partial charge is 0.497 e. The summed E-state index contributed by atoms with van der Waals surface area (Å²) in [6, 6.07) is 8.18. The van der Waals surface area contributed by atoms with Gasteiger partial charge in [-0.15, -0.1) is 0 Å². The van der Waals surface area contributed by atoms with Gasteiger partial charge in [-0.2, -0.15) is 0 Å². The minimum Gasteiger partial charge on any atom is -0.497 e. The van der Waals surface area contributed by atoms with Crippen molar-refractivity contribution in [1.82, 2.24) is 10.6 Å². The maximum atomic E-state index is 13.0. The first-order valence-electron chi connectivity index (χ1n) is 12.3. The van der Waals surface area contributed by atoms with E-state index in [2.05, 4.69) is 48.4 Å². The predicted octanol–water partition coefficient (Wildman–Crippen LogP) is 4.54. The van der Waals surface area contributed by atoms with Gasteiger partial charge in [0.2, 0.25) is 0 Å². The van der Waals surface area contributed by atoms with Crippen LogP contribution in [0.2, 0.25) is 0 Å². The average molecular weight is 453 g/mol. The van der Waals surface area contributed by atoms with Crippen LogP contribution in [0.3, 0.4) is 0 Å². The third-order valence-corrected chi connectivity index (χ3v) is 7.32. The van der Waals surface area contributed by atoms with E-state index in [9.17, 15) is 9.90 Å². The van der Waals surface area contributed by atoms with Crippen LogP contribution in [0.4, 0.5) is 0 Å². The van der Waals surface area contributed by atoms with E-state index in [0.29, 0.717) is 0 Å². The van der Waals surface area contributed by atoms with E-state index in [1.165, 1.54) is 11.1 Å².